The molecule has 1 atom stereocenters. The van der Waals surface area contributed by atoms with E-state index in [1.54, 1.807) is 12.4 Å². The fourth-order valence-corrected chi connectivity index (χ4v) is 5.78. The summed E-state index contributed by atoms with van der Waals surface area (Å²) in [6, 6.07) is 8.76. The first kappa shape index (κ1) is 26.9. The molecule has 12 heteroatoms. The van der Waals surface area contributed by atoms with Crippen molar-refractivity contribution in [3.8, 4) is 0 Å². The molecule has 0 spiro atoms. The number of carbonyl (C=O) groups is 1. The maximum atomic E-state index is 13.9. The number of nitrogens with zero attached hydrogens (tertiary/aromatic N) is 7. The highest BCUT2D eigenvalue weighted by atomic mass is 19.4. The quantitative estimate of drug-likeness (QED) is 0.463. The van der Waals surface area contributed by atoms with Crippen molar-refractivity contribution in [1.82, 2.24) is 29.5 Å². The van der Waals surface area contributed by atoms with Crippen LogP contribution in [0.2, 0.25) is 0 Å². The van der Waals surface area contributed by atoms with Crippen LogP contribution in [0, 0.1) is 0 Å². The maximum Gasteiger partial charge on any atom is 0.433 e. The van der Waals surface area contributed by atoms with E-state index >= 15 is 0 Å². The highest BCUT2D eigenvalue weighted by Gasteiger charge is 2.43. The van der Waals surface area contributed by atoms with Gasteiger partial charge in [-0.05, 0) is 48.9 Å². The molecule has 2 fully saturated rings. The molecular formula is C28H32F3N7O2. The lowest BCUT2D eigenvalue weighted by Gasteiger charge is -2.41. The van der Waals surface area contributed by atoms with E-state index in [2.05, 4.69) is 31.9 Å². The van der Waals surface area contributed by atoms with Crippen LogP contribution in [0.1, 0.15) is 45.5 Å². The van der Waals surface area contributed by atoms with Gasteiger partial charge in [0.15, 0.2) is 0 Å². The van der Waals surface area contributed by atoms with E-state index in [1.807, 2.05) is 36.9 Å². The number of benzene rings is 1. The SMILES string of the molecule is C[C@@H]1CN(Cc2cc(N3Cc4ccc(C5(Cc6nncn6C)COC5)cc4C3=O)nc(C(F)(F)F)c2)CCN1C. The van der Waals surface area contributed by atoms with Crippen molar-refractivity contribution in [3.63, 3.8) is 0 Å². The summed E-state index contributed by atoms with van der Waals surface area (Å²) in [6.07, 6.45) is -2.38. The fraction of sp³-hybridized carbons (Fsp3) is 0.500. The van der Waals surface area contributed by atoms with Crippen LogP contribution in [-0.2, 0) is 42.9 Å². The van der Waals surface area contributed by atoms with Gasteiger partial charge in [0.1, 0.15) is 23.7 Å². The standard InChI is InChI=1S/C28H32F3N7O2/c1-18-12-37(7-6-35(18)2)13-19-8-23(28(29,30)31)33-24(9-19)38-14-20-4-5-21(10-22(20)26(38)39)27(15-40-16-27)11-25-34-32-17-36(25)3/h4-5,8-10,17-18H,6-7,11-16H2,1-3H3/t18-/m1/s1. The minimum atomic E-state index is -4.63. The Balaban J connectivity index is 1.28. The predicted octanol–water partition coefficient (Wildman–Crippen LogP) is 3.04. The number of rotatable bonds is 6. The highest BCUT2D eigenvalue weighted by molar-refractivity contribution is 6.09. The second kappa shape index (κ2) is 9.93. The number of aryl methyl sites for hydroxylation is 1. The lowest BCUT2D eigenvalue weighted by Crippen LogP contribution is -2.49. The number of likely N-dealkylation sites (N-methyl/N-ethyl adjacent to an activating group) is 1. The first-order chi connectivity index (χ1) is 19.0. The van der Waals surface area contributed by atoms with Crippen LogP contribution < -0.4 is 4.90 Å². The third kappa shape index (κ3) is 4.88. The molecule has 212 valence electrons. The molecular weight excluding hydrogens is 523 g/mol. The molecule has 40 heavy (non-hydrogen) atoms. The summed E-state index contributed by atoms with van der Waals surface area (Å²) in [5.41, 5.74) is 1.35. The van der Waals surface area contributed by atoms with Crippen molar-refractivity contribution in [1.29, 1.82) is 0 Å². The molecule has 0 saturated carbocycles. The van der Waals surface area contributed by atoms with Crippen molar-refractivity contribution in [3.05, 3.63) is 70.4 Å². The number of alkyl halides is 3. The first-order valence-electron chi connectivity index (χ1n) is 13.4. The van der Waals surface area contributed by atoms with Gasteiger partial charge in [0.05, 0.1) is 19.8 Å². The van der Waals surface area contributed by atoms with Gasteiger partial charge in [0.2, 0.25) is 0 Å². The number of piperazine rings is 1. The second-order valence-corrected chi connectivity index (χ2v) is 11.4. The number of hydrogen-bond acceptors (Lipinski definition) is 7. The van der Waals surface area contributed by atoms with E-state index in [4.69, 9.17) is 4.74 Å². The average Bonchev–Trinajstić information content (AvgIpc) is 3.45. The zero-order valence-corrected chi connectivity index (χ0v) is 22.8. The van der Waals surface area contributed by atoms with Crippen molar-refractivity contribution >= 4 is 11.7 Å². The molecule has 3 aliphatic rings. The minimum absolute atomic E-state index is 0.0236. The zero-order valence-electron chi connectivity index (χ0n) is 22.8. The van der Waals surface area contributed by atoms with Gasteiger partial charge in [-0.15, -0.1) is 10.2 Å². The molecule has 2 aromatic heterocycles. The van der Waals surface area contributed by atoms with Gasteiger partial charge in [0.25, 0.3) is 5.91 Å². The van der Waals surface area contributed by atoms with E-state index in [9.17, 15) is 18.0 Å². The van der Waals surface area contributed by atoms with Gasteiger partial charge < -0.3 is 14.2 Å². The number of fused-ring (bicyclic) bond motifs is 1. The molecule has 1 amide bonds. The molecule has 5 heterocycles. The lowest BCUT2D eigenvalue weighted by atomic mass is 9.75. The van der Waals surface area contributed by atoms with Crippen LogP contribution in [0.5, 0.6) is 0 Å². The summed E-state index contributed by atoms with van der Waals surface area (Å²) in [7, 11) is 3.93. The predicted molar refractivity (Wildman–Crippen MR) is 141 cm³/mol. The number of pyridine rings is 1. The normalized spacial score (nSPS) is 21.5. The number of amides is 1. The van der Waals surface area contributed by atoms with Gasteiger partial charge in [-0.1, -0.05) is 12.1 Å². The monoisotopic (exact) mass is 555 g/mol. The van der Waals surface area contributed by atoms with Gasteiger partial charge >= 0.3 is 6.18 Å². The minimum Gasteiger partial charge on any atom is -0.379 e. The fourth-order valence-electron chi connectivity index (χ4n) is 5.78. The Kier molecular flexibility index (Phi) is 6.67. The van der Waals surface area contributed by atoms with E-state index in [0.29, 0.717) is 43.3 Å². The highest BCUT2D eigenvalue weighted by Crippen LogP contribution is 2.39. The molecule has 1 aromatic carbocycles. The summed E-state index contributed by atoms with van der Waals surface area (Å²) in [5.74, 6) is 0.486. The van der Waals surface area contributed by atoms with Crippen LogP contribution in [-0.4, -0.2) is 81.4 Å². The molecule has 3 aromatic rings. The number of ether oxygens (including phenoxy) is 1. The molecule has 2 saturated heterocycles. The van der Waals surface area contributed by atoms with Crippen LogP contribution in [0.15, 0.2) is 36.7 Å². The van der Waals surface area contributed by atoms with E-state index in [-0.39, 0.29) is 23.7 Å². The van der Waals surface area contributed by atoms with Crippen molar-refractivity contribution in [2.45, 2.75) is 44.1 Å². The number of aromatic nitrogens is 4. The topological polar surface area (TPSA) is 79.6 Å². The summed E-state index contributed by atoms with van der Waals surface area (Å²) >= 11 is 0. The van der Waals surface area contributed by atoms with Crippen molar-refractivity contribution in [2.75, 3.05) is 44.8 Å². The number of anilines is 1. The average molecular weight is 556 g/mol. The first-order valence-corrected chi connectivity index (χ1v) is 13.4. The second-order valence-electron chi connectivity index (χ2n) is 11.4. The van der Waals surface area contributed by atoms with Crippen LogP contribution in [0.25, 0.3) is 0 Å². The van der Waals surface area contributed by atoms with Crippen LogP contribution in [0.4, 0.5) is 19.0 Å². The van der Waals surface area contributed by atoms with E-state index in [1.165, 1.54) is 4.90 Å². The summed E-state index contributed by atoms with van der Waals surface area (Å²) in [4.78, 5) is 23.3. The molecule has 0 unspecified atom stereocenters. The molecule has 0 radical (unpaired) electrons. The van der Waals surface area contributed by atoms with Crippen LogP contribution >= 0.6 is 0 Å². The summed E-state index contributed by atoms with van der Waals surface area (Å²) in [6.45, 7) is 5.97. The number of halogens is 3. The Morgan fingerprint density at radius 1 is 1.12 bits per heavy atom. The third-order valence-corrected chi connectivity index (χ3v) is 8.47. The Bertz CT molecular complexity index is 1440. The molecule has 6 rings (SSSR count). The Morgan fingerprint density at radius 3 is 2.58 bits per heavy atom. The Morgan fingerprint density at radius 2 is 1.93 bits per heavy atom. The van der Waals surface area contributed by atoms with Crippen molar-refractivity contribution in [2.24, 2.45) is 7.05 Å². The van der Waals surface area contributed by atoms with Crippen LogP contribution in [0.3, 0.4) is 0 Å². The number of carbonyl (C=O) groups excluding carboxylic acids is 1. The molecule has 9 nitrogen and oxygen atoms in total. The van der Waals surface area contributed by atoms with Gasteiger partial charge in [-0.25, -0.2) is 4.98 Å². The lowest BCUT2D eigenvalue weighted by molar-refractivity contribution is -0.141. The third-order valence-electron chi connectivity index (χ3n) is 8.47. The van der Waals surface area contributed by atoms with Gasteiger partial charge in [-0.3, -0.25) is 14.6 Å². The summed E-state index contributed by atoms with van der Waals surface area (Å²) in [5, 5.41) is 8.18. The molecule has 0 aliphatic carbocycles. The molecule has 0 bridgehead atoms. The Labute approximate surface area is 230 Å². The maximum absolute atomic E-state index is 13.9. The summed E-state index contributed by atoms with van der Waals surface area (Å²) < 4.78 is 49.1. The van der Waals surface area contributed by atoms with E-state index < -0.39 is 11.9 Å². The van der Waals surface area contributed by atoms with Gasteiger partial charge in [0, 0.05) is 56.7 Å². The largest absolute Gasteiger partial charge is 0.433 e. The van der Waals surface area contributed by atoms with Crippen molar-refractivity contribution < 1.29 is 22.7 Å². The molecule has 3 aliphatic heterocycles. The number of hydrogen-bond donors (Lipinski definition) is 0. The zero-order chi connectivity index (χ0) is 28.2. The Hall–Kier alpha value is -3.35. The van der Waals surface area contributed by atoms with Gasteiger partial charge in [-0.2, -0.15) is 13.2 Å². The smallest absolute Gasteiger partial charge is 0.379 e. The van der Waals surface area contributed by atoms with E-state index in [0.717, 1.165) is 42.7 Å². The molecule has 0 N–H and O–H groups in total.